The number of rotatable bonds is 4. The highest BCUT2D eigenvalue weighted by atomic mass is 19.4. The third-order valence-electron chi connectivity index (χ3n) is 3.43. The van der Waals surface area contributed by atoms with Crippen LogP contribution in [0.5, 0.6) is 0 Å². The highest BCUT2D eigenvalue weighted by Crippen LogP contribution is 2.40. The van der Waals surface area contributed by atoms with Crippen molar-refractivity contribution >= 4 is 6.47 Å². The molecule has 20 heavy (non-hydrogen) atoms. The number of carbonyl (C=O) groups excluding carboxylic acids is 1. The molecule has 110 valence electrons. The van der Waals surface area contributed by atoms with Crippen molar-refractivity contribution in [3.8, 4) is 0 Å². The van der Waals surface area contributed by atoms with Gasteiger partial charge in [0.25, 0.3) is 6.47 Å². The van der Waals surface area contributed by atoms with Gasteiger partial charge in [-0.2, -0.15) is 13.2 Å². The summed E-state index contributed by atoms with van der Waals surface area (Å²) in [6, 6.07) is 4.96. The quantitative estimate of drug-likeness (QED) is 0.796. The van der Waals surface area contributed by atoms with Crippen molar-refractivity contribution in [2.75, 3.05) is 6.61 Å². The molecule has 0 spiro atoms. The summed E-state index contributed by atoms with van der Waals surface area (Å²) in [5.41, 5.74) is -0.548. The molecule has 1 saturated heterocycles. The fraction of sp³-hybridized carbons (Fsp3) is 0.500. The van der Waals surface area contributed by atoms with E-state index >= 15 is 0 Å². The second kappa shape index (κ2) is 5.44. The second-order valence-electron chi connectivity index (χ2n) is 5.12. The minimum atomic E-state index is -4.33. The van der Waals surface area contributed by atoms with Gasteiger partial charge in [-0.05, 0) is 37.5 Å². The molecule has 0 radical (unpaired) electrons. The zero-order valence-corrected chi connectivity index (χ0v) is 10.9. The van der Waals surface area contributed by atoms with Crippen LogP contribution in [0.2, 0.25) is 0 Å². The lowest BCUT2D eigenvalue weighted by Crippen LogP contribution is -2.29. The third kappa shape index (κ3) is 3.30. The molecule has 2 atom stereocenters. The lowest BCUT2D eigenvalue weighted by atomic mass is 10.0. The molecule has 1 heterocycles. The predicted molar refractivity (Wildman–Crippen MR) is 64.9 cm³/mol. The molecule has 2 rings (SSSR count). The van der Waals surface area contributed by atoms with Crippen LogP contribution in [0.15, 0.2) is 24.3 Å². The molecule has 0 aromatic heterocycles. The Hall–Kier alpha value is -1.56. The van der Waals surface area contributed by atoms with Gasteiger partial charge in [-0.25, -0.2) is 0 Å². The van der Waals surface area contributed by atoms with Crippen molar-refractivity contribution < 1.29 is 27.4 Å². The molecule has 0 N–H and O–H groups in total. The van der Waals surface area contributed by atoms with Gasteiger partial charge in [0, 0.05) is 0 Å². The lowest BCUT2D eigenvalue weighted by Gasteiger charge is -2.23. The Morgan fingerprint density at radius 3 is 2.60 bits per heavy atom. The molecular weight excluding hydrogens is 273 g/mol. The number of alkyl halides is 3. The van der Waals surface area contributed by atoms with Crippen molar-refractivity contribution in [1.29, 1.82) is 0 Å². The van der Waals surface area contributed by atoms with Crippen LogP contribution in [-0.2, 0) is 20.4 Å². The molecule has 0 saturated carbocycles. The molecular formula is C14H15F3O3. The summed E-state index contributed by atoms with van der Waals surface area (Å²) in [6.07, 6.45) is -3.23. The van der Waals surface area contributed by atoms with Crippen molar-refractivity contribution in [3.63, 3.8) is 0 Å². The topological polar surface area (TPSA) is 35.5 Å². The van der Waals surface area contributed by atoms with Gasteiger partial charge in [-0.3, -0.25) is 4.79 Å². The molecule has 0 aliphatic carbocycles. The normalized spacial score (nSPS) is 26.5. The van der Waals surface area contributed by atoms with Crippen molar-refractivity contribution in [1.82, 2.24) is 0 Å². The van der Waals surface area contributed by atoms with Gasteiger partial charge in [0.2, 0.25) is 0 Å². The first-order valence-corrected chi connectivity index (χ1v) is 6.24. The van der Waals surface area contributed by atoms with E-state index < -0.39 is 17.3 Å². The molecule has 1 aromatic carbocycles. The number of halogens is 3. The van der Waals surface area contributed by atoms with Gasteiger partial charge in [-0.1, -0.05) is 12.1 Å². The first-order valence-electron chi connectivity index (χ1n) is 6.24. The maximum Gasteiger partial charge on any atom is 0.416 e. The van der Waals surface area contributed by atoms with Crippen molar-refractivity contribution in [2.45, 2.75) is 37.6 Å². The summed E-state index contributed by atoms with van der Waals surface area (Å²) in [7, 11) is 0. The molecule has 0 bridgehead atoms. The molecule has 1 fully saturated rings. The van der Waals surface area contributed by atoms with Gasteiger partial charge in [0.1, 0.15) is 12.2 Å². The SMILES string of the molecule is CC1(COC=O)CCC(c2ccc(C(F)(F)F)cc2)O1. The van der Waals surface area contributed by atoms with Crippen molar-refractivity contribution in [3.05, 3.63) is 35.4 Å². The van der Waals surface area contributed by atoms with E-state index in [0.29, 0.717) is 24.9 Å². The van der Waals surface area contributed by atoms with Gasteiger partial charge in [0.15, 0.2) is 0 Å². The van der Waals surface area contributed by atoms with Crippen LogP contribution in [0.1, 0.15) is 37.0 Å². The number of hydrogen-bond donors (Lipinski definition) is 0. The number of ether oxygens (including phenoxy) is 2. The Morgan fingerprint density at radius 2 is 2.05 bits per heavy atom. The third-order valence-corrected chi connectivity index (χ3v) is 3.43. The van der Waals surface area contributed by atoms with Crippen LogP contribution in [0.4, 0.5) is 13.2 Å². The largest absolute Gasteiger partial charge is 0.465 e. The summed E-state index contributed by atoms with van der Waals surface area (Å²) in [4.78, 5) is 10.2. The molecule has 0 amide bonds. The maximum atomic E-state index is 12.5. The van der Waals surface area contributed by atoms with Crippen LogP contribution < -0.4 is 0 Å². The first-order chi connectivity index (χ1) is 9.34. The Labute approximate surface area is 114 Å². The van der Waals surface area contributed by atoms with E-state index in [1.54, 1.807) is 0 Å². The zero-order valence-electron chi connectivity index (χ0n) is 10.9. The molecule has 1 aliphatic rings. The molecule has 1 aliphatic heterocycles. The molecule has 2 unspecified atom stereocenters. The maximum absolute atomic E-state index is 12.5. The van der Waals surface area contributed by atoms with Gasteiger partial charge >= 0.3 is 6.18 Å². The van der Waals surface area contributed by atoms with E-state index in [1.165, 1.54) is 12.1 Å². The summed E-state index contributed by atoms with van der Waals surface area (Å²) >= 11 is 0. The van der Waals surface area contributed by atoms with E-state index in [1.807, 2.05) is 6.92 Å². The average molecular weight is 288 g/mol. The van der Waals surface area contributed by atoms with E-state index in [2.05, 4.69) is 0 Å². The zero-order chi connectivity index (χ0) is 14.8. The highest BCUT2D eigenvalue weighted by Gasteiger charge is 2.38. The Morgan fingerprint density at radius 1 is 1.40 bits per heavy atom. The number of hydrogen-bond acceptors (Lipinski definition) is 3. The Bertz CT molecular complexity index is 470. The standard InChI is InChI=1S/C14H15F3O3/c1-13(8-19-9-18)7-6-12(20-13)10-2-4-11(5-3-10)14(15,16)17/h2-5,9,12H,6-8H2,1H3. The van der Waals surface area contributed by atoms with Crippen LogP contribution in [0.25, 0.3) is 0 Å². The van der Waals surface area contributed by atoms with E-state index in [0.717, 1.165) is 12.1 Å². The van der Waals surface area contributed by atoms with Crippen LogP contribution in [0.3, 0.4) is 0 Å². The predicted octanol–water partition coefficient (Wildman–Crippen LogP) is 3.49. The van der Waals surface area contributed by atoms with Gasteiger partial charge in [0.05, 0.1) is 11.7 Å². The molecule has 6 heteroatoms. The van der Waals surface area contributed by atoms with Gasteiger partial charge in [-0.15, -0.1) is 0 Å². The van der Waals surface area contributed by atoms with Crippen molar-refractivity contribution in [2.24, 2.45) is 0 Å². The molecule has 3 nitrogen and oxygen atoms in total. The van der Waals surface area contributed by atoms with Gasteiger partial charge < -0.3 is 9.47 Å². The minimum Gasteiger partial charge on any atom is -0.465 e. The van der Waals surface area contributed by atoms with Crippen LogP contribution in [0, 0.1) is 0 Å². The fourth-order valence-electron chi connectivity index (χ4n) is 2.34. The van der Waals surface area contributed by atoms with E-state index in [9.17, 15) is 18.0 Å². The number of benzene rings is 1. The monoisotopic (exact) mass is 288 g/mol. The van der Waals surface area contributed by atoms with Crippen LogP contribution >= 0.6 is 0 Å². The smallest absolute Gasteiger partial charge is 0.416 e. The first kappa shape index (κ1) is 14.8. The average Bonchev–Trinajstić information content (AvgIpc) is 2.79. The lowest BCUT2D eigenvalue weighted by molar-refractivity contribution is -0.139. The minimum absolute atomic E-state index is 0.146. The highest BCUT2D eigenvalue weighted by molar-refractivity contribution is 5.37. The Kier molecular flexibility index (Phi) is 4.04. The second-order valence-corrected chi connectivity index (χ2v) is 5.12. The van der Waals surface area contributed by atoms with Crippen LogP contribution in [-0.4, -0.2) is 18.7 Å². The van der Waals surface area contributed by atoms with E-state index in [-0.39, 0.29) is 12.7 Å². The summed E-state index contributed by atoms with van der Waals surface area (Å²) in [5.74, 6) is 0. The Balaban J connectivity index is 2.05. The summed E-state index contributed by atoms with van der Waals surface area (Å²) in [6.45, 7) is 2.33. The fourth-order valence-corrected chi connectivity index (χ4v) is 2.34. The van der Waals surface area contributed by atoms with E-state index in [4.69, 9.17) is 9.47 Å². The summed E-state index contributed by atoms with van der Waals surface area (Å²) in [5, 5.41) is 0. The number of carbonyl (C=O) groups is 1. The molecule has 1 aromatic rings. The summed E-state index contributed by atoms with van der Waals surface area (Å²) < 4.78 is 47.9.